The zero-order valence-corrected chi connectivity index (χ0v) is 15.1. The van der Waals surface area contributed by atoms with Crippen molar-refractivity contribution in [3.8, 4) is 5.75 Å². The number of nitrogens with two attached hydrogens (primary N) is 1. The molecular weight excluding hydrogens is 376 g/mol. The molecule has 0 aliphatic carbocycles. The van der Waals surface area contributed by atoms with Crippen molar-refractivity contribution in [3.63, 3.8) is 0 Å². The molecule has 147 valence electrons. The maximum absolute atomic E-state index is 13.1. The molecule has 0 aliphatic heterocycles. The van der Waals surface area contributed by atoms with Crippen molar-refractivity contribution < 1.29 is 22.3 Å². The Bertz CT molecular complexity index is 1010. The SMILES string of the molecule is COc1[c]cc2nc(CF)nc(N[C@H](C)c3cc(N)cc(C(F)(F)F)c3)c2c1. The van der Waals surface area contributed by atoms with Gasteiger partial charge in [-0.1, -0.05) is 0 Å². The maximum atomic E-state index is 13.1. The average molecular weight is 393 g/mol. The second-order valence-corrected chi connectivity index (χ2v) is 6.17. The number of rotatable bonds is 5. The van der Waals surface area contributed by atoms with E-state index in [-0.39, 0.29) is 17.3 Å². The highest BCUT2D eigenvalue weighted by Gasteiger charge is 2.31. The third kappa shape index (κ3) is 4.08. The molecule has 1 atom stereocenters. The number of methoxy groups -OCH3 is 1. The maximum Gasteiger partial charge on any atom is 0.416 e. The van der Waals surface area contributed by atoms with Crippen LogP contribution in [-0.2, 0) is 12.9 Å². The molecule has 28 heavy (non-hydrogen) atoms. The molecule has 5 nitrogen and oxygen atoms in total. The summed E-state index contributed by atoms with van der Waals surface area (Å²) in [7, 11) is 1.47. The number of alkyl halides is 4. The second-order valence-electron chi connectivity index (χ2n) is 6.17. The lowest BCUT2D eigenvalue weighted by molar-refractivity contribution is -0.137. The molecule has 3 aromatic rings. The smallest absolute Gasteiger partial charge is 0.416 e. The Labute approximate surface area is 158 Å². The molecule has 0 unspecified atom stereocenters. The normalized spacial score (nSPS) is 12.8. The number of halogens is 4. The number of ether oxygens (including phenoxy) is 1. The number of anilines is 2. The minimum atomic E-state index is -4.52. The highest BCUT2D eigenvalue weighted by Crippen LogP contribution is 2.34. The van der Waals surface area contributed by atoms with Crippen molar-refractivity contribution in [2.75, 3.05) is 18.2 Å². The van der Waals surface area contributed by atoms with Crippen LogP contribution in [0.2, 0.25) is 0 Å². The third-order valence-electron chi connectivity index (χ3n) is 4.15. The number of hydrogen-bond donors (Lipinski definition) is 2. The highest BCUT2D eigenvalue weighted by atomic mass is 19.4. The van der Waals surface area contributed by atoms with Gasteiger partial charge in [0, 0.05) is 17.1 Å². The van der Waals surface area contributed by atoms with Gasteiger partial charge in [-0.15, -0.1) is 0 Å². The Morgan fingerprint density at radius 1 is 1.21 bits per heavy atom. The van der Waals surface area contributed by atoms with Crippen LogP contribution in [-0.4, -0.2) is 17.1 Å². The Morgan fingerprint density at radius 2 is 1.96 bits per heavy atom. The first kappa shape index (κ1) is 19.7. The van der Waals surface area contributed by atoms with Crippen LogP contribution in [0.3, 0.4) is 0 Å². The summed E-state index contributed by atoms with van der Waals surface area (Å²) in [5.74, 6) is 0.640. The molecule has 2 aromatic carbocycles. The van der Waals surface area contributed by atoms with E-state index in [1.807, 2.05) is 0 Å². The molecule has 0 spiro atoms. The Hall–Kier alpha value is -3.10. The minimum Gasteiger partial charge on any atom is -0.496 e. The zero-order valence-electron chi connectivity index (χ0n) is 15.1. The van der Waals surface area contributed by atoms with E-state index in [9.17, 15) is 17.6 Å². The minimum absolute atomic E-state index is 0.00765. The molecular formula is C19H17F4N4O. The van der Waals surface area contributed by atoms with E-state index in [0.29, 0.717) is 22.2 Å². The summed E-state index contributed by atoms with van der Waals surface area (Å²) in [4.78, 5) is 8.22. The lowest BCUT2D eigenvalue weighted by Crippen LogP contribution is -2.13. The number of nitrogens with zero attached hydrogens (tertiary/aromatic N) is 2. The quantitative estimate of drug-likeness (QED) is 0.486. The fourth-order valence-corrected chi connectivity index (χ4v) is 2.77. The van der Waals surface area contributed by atoms with Gasteiger partial charge in [-0.05, 0) is 42.8 Å². The summed E-state index contributed by atoms with van der Waals surface area (Å²) in [5, 5.41) is 3.55. The number of nitrogens with one attached hydrogen (secondary N) is 1. The first-order valence-electron chi connectivity index (χ1n) is 8.27. The van der Waals surface area contributed by atoms with Gasteiger partial charge in [0.25, 0.3) is 0 Å². The summed E-state index contributed by atoms with van der Waals surface area (Å²) >= 11 is 0. The number of benzene rings is 2. The molecule has 3 N–H and O–H groups in total. The Morgan fingerprint density at radius 3 is 2.61 bits per heavy atom. The van der Waals surface area contributed by atoms with Crippen LogP contribution in [0.25, 0.3) is 10.9 Å². The van der Waals surface area contributed by atoms with Gasteiger partial charge in [0.2, 0.25) is 0 Å². The van der Waals surface area contributed by atoms with Gasteiger partial charge in [0.1, 0.15) is 18.2 Å². The number of fused-ring (bicyclic) bond motifs is 1. The summed E-state index contributed by atoms with van der Waals surface area (Å²) in [6.45, 7) is 0.770. The van der Waals surface area contributed by atoms with Crippen LogP contribution in [0.1, 0.15) is 29.9 Å². The number of hydrogen-bond acceptors (Lipinski definition) is 5. The molecule has 0 bridgehead atoms. The molecule has 1 radical (unpaired) electrons. The van der Waals surface area contributed by atoms with E-state index < -0.39 is 24.5 Å². The first-order chi connectivity index (χ1) is 13.2. The van der Waals surface area contributed by atoms with E-state index in [1.54, 1.807) is 13.0 Å². The number of aromatic nitrogens is 2. The van der Waals surface area contributed by atoms with Crippen molar-refractivity contribution >= 4 is 22.4 Å². The van der Waals surface area contributed by atoms with Crippen LogP contribution >= 0.6 is 0 Å². The molecule has 1 heterocycles. The van der Waals surface area contributed by atoms with Gasteiger partial charge in [-0.25, -0.2) is 14.4 Å². The van der Waals surface area contributed by atoms with Crippen molar-refractivity contribution in [1.29, 1.82) is 0 Å². The fraction of sp³-hybridized carbons (Fsp3) is 0.263. The van der Waals surface area contributed by atoms with E-state index in [1.165, 1.54) is 19.2 Å². The van der Waals surface area contributed by atoms with Crippen molar-refractivity contribution in [2.24, 2.45) is 0 Å². The van der Waals surface area contributed by atoms with Gasteiger partial charge in [-0.2, -0.15) is 13.2 Å². The van der Waals surface area contributed by atoms with Crippen LogP contribution in [0.4, 0.5) is 29.1 Å². The van der Waals surface area contributed by atoms with Gasteiger partial charge in [0.05, 0.1) is 24.2 Å². The summed E-state index contributed by atoms with van der Waals surface area (Å²) in [6.07, 6.45) is -4.52. The second kappa shape index (κ2) is 7.49. The molecule has 0 aliphatic rings. The van der Waals surface area contributed by atoms with Crippen molar-refractivity contribution in [1.82, 2.24) is 9.97 Å². The third-order valence-corrected chi connectivity index (χ3v) is 4.15. The average Bonchev–Trinajstić information content (AvgIpc) is 2.66. The van der Waals surface area contributed by atoms with Gasteiger partial charge in [0.15, 0.2) is 5.82 Å². The predicted octanol–water partition coefficient (Wildman–Crippen LogP) is 4.68. The molecule has 0 saturated heterocycles. The summed E-state index contributed by atoms with van der Waals surface area (Å²) < 4.78 is 57.5. The lowest BCUT2D eigenvalue weighted by atomic mass is 10.0. The van der Waals surface area contributed by atoms with Crippen LogP contribution in [0.15, 0.2) is 30.3 Å². The van der Waals surface area contributed by atoms with Crippen molar-refractivity contribution in [3.05, 3.63) is 53.3 Å². The lowest BCUT2D eigenvalue weighted by Gasteiger charge is -2.19. The van der Waals surface area contributed by atoms with E-state index >= 15 is 0 Å². The van der Waals surface area contributed by atoms with Gasteiger partial charge < -0.3 is 15.8 Å². The molecule has 9 heteroatoms. The first-order valence-corrected chi connectivity index (χ1v) is 8.27. The predicted molar refractivity (Wildman–Crippen MR) is 97.6 cm³/mol. The topological polar surface area (TPSA) is 73.1 Å². The van der Waals surface area contributed by atoms with E-state index in [4.69, 9.17) is 10.5 Å². The molecule has 3 rings (SSSR count). The van der Waals surface area contributed by atoms with E-state index in [0.717, 1.165) is 12.1 Å². The zero-order chi connectivity index (χ0) is 20.5. The number of nitrogen functional groups attached to an aromatic ring is 1. The monoisotopic (exact) mass is 393 g/mol. The van der Waals surface area contributed by atoms with Crippen molar-refractivity contribution in [2.45, 2.75) is 25.8 Å². The fourth-order valence-electron chi connectivity index (χ4n) is 2.77. The summed E-state index contributed by atoms with van der Waals surface area (Å²) in [6, 6.07) is 8.75. The highest BCUT2D eigenvalue weighted by molar-refractivity contribution is 5.90. The summed E-state index contributed by atoms with van der Waals surface area (Å²) in [5.41, 5.74) is 5.53. The van der Waals surface area contributed by atoms with Crippen LogP contribution < -0.4 is 15.8 Å². The van der Waals surface area contributed by atoms with Gasteiger partial charge in [-0.3, -0.25) is 0 Å². The van der Waals surface area contributed by atoms with Crippen LogP contribution in [0, 0.1) is 6.07 Å². The largest absolute Gasteiger partial charge is 0.496 e. The van der Waals surface area contributed by atoms with E-state index in [2.05, 4.69) is 21.4 Å². The van der Waals surface area contributed by atoms with Gasteiger partial charge >= 0.3 is 6.18 Å². The van der Waals surface area contributed by atoms with Crippen LogP contribution in [0.5, 0.6) is 5.75 Å². The Kier molecular flexibility index (Phi) is 5.26. The Balaban J connectivity index is 2.03. The molecule has 0 amide bonds. The molecule has 1 aromatic heterocycles. The molecule has 0 fully saturated rings. The molecule has 0 saturated carbocycles. The standard InChI is InChI=1S/C19H17F4N4O/c1-10(11-5-12(19(21,22)23)7-13(24)6-11)25-18-15-8-14(28-2)3-4-16(15)26-17(9-20)27-18/h4-8,10H,9,24H2,1-2H3,(H,25,26,27)/t10-/m1/s1.